The Morgan fingerprint density at radius 1 is 0.970 bits per heavy atom. The van der Waals surface area contributed by atoms with Crippen molar-refractivity contribution in [1.29, 1.82) is 0 Å². The lowest BCUT2D eigenvalue weighted by Gasteiger charge is -2.47. The molecule has 14 unspecified atom stereocenters. The second kappa shape index (κ2) is 22.6. The summed E-state index contributed by atoms with van der Waals surface area (Å²) < 4.78 is 30.4. The van der Waals surface area contributed by atoms with E-state index in [-0.39, 0.29) is 43.4 Å². The number of aliphatic hydroxyl groups is 3. The van der Waals surface area contributed by atoms with Crippen molar-refractivity contribution in [2.75, 3.05) is 27.9 Å². The van der Waals surface area contributed by atoms with Crippen LogP contribution in [0.25, 0.3) is 10.9 Å². The van der Waals surface area contributed by atoms with Gasteiger partial charge in [-0.05, 0) is 125 Å². The molecule has 14 nitrogen and oxygen atoms in total. The molecule has 3 aliphatic heterocycles. The molecule has 2 bridgehead atoms. The summed E-state index contributed by atoms with van der Waals surface area (Å²) >= 11 is 0. The summed E-state index contributed by atoms with van der Waals surface area (Å²) in [6.45, 7) is 13.2. The number of Topliss-reactive ketones (excluding diaryl/α,β-unsaturated/α-hetero) is 2. The van der Waals surface area contributed by atoms with Gasteiger partial charge in [0.25, 0.3) is 11.7 Å². The maximum atomic E-state index is 14.6. The number of carbonyl (C=O) groups is 4. The number of H-pyrrole nitrogens is 1. The van der Waals surface area contributed by atoms with Gasteiger partial charge >= 0.3 is 5.97 Å². The predicted octanol–water partition coefficient (Wildman–Crippen LogP) is 6.73. The highest BCUT2D eigenvalue weighted by Crippen LogP contribution is 2.41. The van der Waals surface area contributed by atoms with Crippen molar-refractivity contribution in [1.82, 2.24) is 9.88 Å². The molecule has 0 radical (unpaired) electrons. The third-order valence-corrected chi connectivity index (χ3v) is 15.3. The Balaban J connectivity index is 1.33. The topological polar surface area (TPSA) is 194 Å². The number of aromatic nitrogens is 1. The zero-order valence-corrected chi connectivity index (χ0v) is 40.9. The Kier molecular flexibility index (Phi) is 17.7. The number of aromatic amines is 1. The molecule has 2 saturated heterocycles. The summed E-state index contributed by atoms with van der Waals surface area (Å²) in [4.78, 5) is 61.9. The summed E-state index contributed by atoms with van der Waals surface area (Å²) in [5.74, 6) is -7.98. The number of carbonyl (C=O) groups excluding carboxylic acids is 4. The third-order valence-electron chi connectivity index (χ3n) is 15.3. The van der Waals surface area contributed by atoms with Crippen molar-refractivity contribution < 1.29 is 58.2 Å². The maximum absolute atomic E-state index is 14.6. The Labute approximate surface area is 396 Å². The molecule has 14 atom stereocenters. The first-order chi connectivity index (χ1) is 31.9. The minimum atomic E-state index is -2.53. The Bertz CT molecular complexity index is 2130. The number of fused-ring (bicyclic) bond motifs is 4. The van der Waals surface area contributed by atoms with E-state index in [9.17, 15) is 34.5 Å². The highest BCUT2D eigenvalue weighted by Gasteiger charge is 2.57. The molecule has 3 fully saturated rings. The van der Waals surface area contributed by atoms with Gasteiger partial charge in [0.2, 0.25) is 5.79 Å². The quantitative estimate of drug-likeness (QED) is 0.118. The van der Waals surface area contributed by atoms with E-state index in [1.165, 1.54) is 19.1 Å². The lowest BCUT2D eigenvalue weighted by molar-refractivity contribution is -0.302. The maximum Gasteiger partial charge on any atom is 0.329 e. The SMILES string of the molecule is C=CCC1C=C(C)CC(C)CC(OC)C2OC(O)(C(=O)C(=O)N3CCCCC3C(=O)OC(C(C)=CC3CCC(O)(Cc4ccc5[nH]ccc5c4)C(OC)C3)C(C)C(O)CC1=O)C(C)CC2OC. The Morgan fingerprint density at radius 3 is 2.40 bits per heavy atom. The first-order valence-corrected chi connectivity index (χ1v) is 24.4. The fraction of sp³-hybridized carbons (Fsp3) is 0.660. The summed E-state index contributed by atoms with van der Waals surface area (Å²) in [6, 6.07) is 6.93. The number of nitrogens with zero attached hydrogens (tertiary/aromatic N) is 1. The number of cyclic esters (lactones) is 1. The molecule has 14 heteroatoms. The summed E-state index contributed by atoms with van der Waals surface area (Å²) in [6.07, 6.45) is 7.26. The van der Waals surface area contributed by atoms with Crippen LogP contribution >= 0.6 is 0 Å². The summed E-state index contributed by atoms with van der Waals surface area (Å²) in [7, 11) is 4.66. The summed E-state index contributed by atoms with van der Waals surface area (Å²) in [5, 5.41) is 37.2. The fourth-order valence-corrected chi connectivity index (χ4v) is 11.3. The van der Waals surface area contributed by atoms with Crippen LogP contribution in [0.2, 0.25) is 0 Å². The number of nitrogens with one attached hydrogen (secondary N) is 1. The first-order valence-electron chi connectivity index (χ1n) is 24.4. The fourth-order valence-electron chi connectivity index (χ4n) is 11.3. The van der Waals surface area contributed by atoms with Crippen LogP contribution in [0.3, 0.4) is 0 Å². The van der Waals surface area contributed by atoms with Gasteiger partial charge in [0.15, 0.2) is 0 Å². The number of amides is 1. The number of aliphatic hydroxyl groups excluding tert-OH is 1. The molecule has 2 aromatic rings. The van der Waals surface area contributed by atoms with Crippen LogP contribution in [0.4, 0.5) is 0 Å². The number of methoxy groups -OCH3 is 3. The van der Waals surface area contributed by atoms with Crippen LogP contribution in [0.5, 0.6) is 0 Å². The van der Waals surface area contributed by atoms with Gasteiger partial charge in [-0.3, -0.25) is 14.4 Å². The average Bonchev–Trinajstić information content (AvgIpc) is 3.78. The predicted molar refractivity (Wildman–Crippen MR) is 254 cm³/mol. The molecule has 4 aliphatic rings. The van der Waals surface area contributed by atoms with Gasteiger partial charge in [-0.25, -0.2) is 4.79 Å². The number of hydrogen-bond donors (Lipinski definition) is 4. The lowest BCUT2D eigenvalue weighted by Crippen LogP contribution is -2.64. The van der Waals surface area contributed by atoms with Gasteiger partial charge in [0.05, 0.1) is 30.0 Å². The molecule has 1 saturated carbocycles. The number of ketones is 2. The number of esters is 1. The largest absolute Gasteiger partial charge is 0.456 e. The minimum Gasteiger partial charge on any atom is -0.456 e. The molecule has 4 heterocycles. The van der Waals surface area contributed by atoms with Crippen molar-refractivity contribution in [3.63, 3.8) is 0 Å². The van der Waals surface area contributed by atoms with E-state index in [0.717, 1.165) is 22.0 Å². The molecule has 1 aromatic heterocycles. The van der Waals surface area contributed by atoms with Crippen LogP contribution in [-0.4, -0.2) is 131 Å². The van der Waals surface area contributed by atoms with Crippen molar-refractivity contribution in [2.24, 2.45) is 29.6 Å². The highest BCUT2D eigenvalue weighted by molar-refractivity contribution is 6.39. The molecule has 370 valence electrons. The van der Waals surface area contributed by atoms with E-state index in [0.29, 0.717) is 63.4 Å². The van der Waals surface area contributed by atoms with Crippen molar-refractivity contribution in [2.45, 2.75) is 166 Å². The second-order valence-electron chi connectivity index (χ2n) is 20.3. The monoisotopic (exact) mass is 933 g/mol. The number of benzene rings is 1. The van der Waals surface area contributed by atoms with E-state index in [1.54, 1.807) is 27.0 Å². The van der Waals surface area contributed by atoms with Gasteiger partial charge in [-0.15, -0.1) is 6.58 Å². The standard InChI is InChI=1S/C53H76N2O12/c1-10-13-39-23-31(2)22-32(3)24-44(63-7)48-45(64-8)26-34(5)53(62,67-48)49(58)50(59)55-21-12-11-14-41(55)51(60)66-47(35(6)42(56)29-43(39)57)33(4)25-36-17-19-52(61,46(28-36)65-9)30-37-15-16-40-38(27-37)18-20-54-40/h10,15-16,18,20,23,25,27,32,34-36,39,41-42,44-48,54,56,61-62H,1,11-14,17,19,21-22,24,26,28-30H2,2-9H3. The van der Waals surface area contributed by atoms with Gasteiger partial charge in [-0.1, -0.05) is 50.6 Å². The van der Waals surface area contributed by atoms with E-state index < -0.39 is 89.5 Å². The van der Waals surface area contributed by atoms with Crippen LogP contribution in [0.15, 0.2) is 66.4 Å². The molecular weight excluding hydrogens is 857 g/mol. The van der Waals surface area contributed by atoms with E-state index >= 15 is 0 Å². The van der Waals surface area contributed by atoms with Crippen LogP contribution in [-0.2, 0) is 49.3 Å². The molecule has 1 amide bonds. The molecule has 6 rings (SSSR count). The van der Waals surface area contributed by atoms with E-state index in [2.05, 4.69) is 17.6 Å². The minimum absolute atomic E-state index is 0.00365. The van der Waals surface area contributed by atoms with Crippen molar-refractivity contribution >= 4 is 34.3 Å². The lowest BCUT2D eigenvalue weighted by atomic mass is 9.73. The number of piperidine rings is 1. The van der Waals surface area contributed by atoms with Gasteiger partial charge in [0, 0.05) is 70.2 Å². The van der Waals surface area contributed by atoms with Crippen molar-refractivity contribution in [3.8, 4) is 0 Å². The van der Waals surface area contributed by atoms with E-state index in [4.69, 9.17) is 23.7 Å². The second-order valence-corrected chi connectivity index (χ2v) is 20.3. The number of ether oxygens (including phenoxy) is 5. The van der Waals surface area contributed by atoms with Crippen LogP contribution in [0.1, 0.15) is 111 Å². The first kappa shape index (κ1) is 52.4. The van der Waals surface area contributed by atoms with E-state index in [1.807, 2.05) is 57.3 Å². The molecule has 1 aromatic carbocycles. The molecule has 67 heavy (non-hydrogen) atoms. The molecule has 4 N–H and O–H groups in total. The highest BCUT2D eigenvalue weighted by atomic mass is 16.7. The number of allylic oxidation sites excluding steroid dienone is 4. The van der Waals surface area contributed by atoms with Crippen LogP contribution < -0.4 is 0 Å². The number of rotatable bonds is 9. The molecule has 1 aliphatic carbocycles. The molecular formula is C53H76N2O12. The smallest absolute Gasteiger partial charge is 0.329 e. The third kappa shape index (κ3) is 11.9. The van der Waals surface area contributed by atoms with Gasteiger partial charge in [-0.2, -0.15) is 0 Å². The van der Waals surface area contributed by atoms with Crippen molar-refractivity contribution in [3.05, 3.63) is 72.0 Å². The summed E-state index contributed by atoms with van der Waals surface area (Å²) in [5.41, 5.74) is 2.47. The van der Waals surface area contributed by atoms with Crippen LogP contribution in [0, 0.1) is 29.6 Å². The Morgan fingerprint density at radius 2 is 1.70 bits per heavy atom. The van der Waals surface area contributed by atoms with Gasteiger partial charge in [0.1, 0.15) is 24.0 Å². The normalized spacial score (nSPS) is 37.0. The average molecular weight is 933 g/mol. The Hall–Kier alpha value is -4.02. The zero-order chi connectivity index (χ0) is 48.8. The van der Waals surface area contributed by atoms with Gasteiger partial charge < -0.3 is 48.9 Å². The zero-order valence-electron chi connectivity index (χ0n) is 40.9. The molecule has 0 spiro atoms. The number of hydrogen-bond acceptors (Lipinski definition) is 12.